The smallest absolute Gasteiger partial charge is 0.320 e. The van der Waals surface area contributed by atoms with E-state index in [9.17, 15) is 9.59 Å². The van der Waals surface area contributed by atoms with Gasteiger partial charge in [-0.15, -0.1) is 22.0 Å². The van der Waals surface area contributed by atoms with Gasteiger partial charge >= 0.3 is 6.03 Å². The molecule has 4 rings (SSSR count). The predicted octanol–water partition coefficient (Wildman–Crippen LogP) is 5.53. The lowest BCUT2D eigenvalue weighted by Crippen LogP contribution is -2.34. The Labute approximate surface area is 193 Å². The Morgan fingerprint density at radius 2 is 1.94 bits per heavy atom. The van der Waals surface area contributed by atoms with Crippen LogP contribution in [-0.2, 0) is 0 Å². The van der Waals surface area contributed by atoms with E-state index in [2.05, 4.69) is 20.8 Å². The second-order valence-corrected chi connectivity index (χ2v) is 9.25. The van der Waals surface area contributed by atoms with Crippen molar-refractivity contribution in [3.63, 3.8) is 0 Å². The molecule has 2 heterocycles. The highest BCUT2D eigenvalue weighted by Gasteiger charge is 2.33. The van der Waals surface area contributed by atoms with Crippen LogP contribution in [0, 0.1) is 0 Å². The van der Waals surface area contributed by atoms with Gasteiger partial charge in [-0.1, -0.05) is 29.0 Å². The number of hydrogen-bond acceptors (Lipinski definition) is 6. The molecule has 160 valence electrons. The Morgan fingerprint density at radius 3 is 2.71 bits per heavy atom. The van der Waals surface area contributed by atoms with E-state index in [1.54, 1.807) is 40.9 Å². The summed E-state index contributed by atoms with van der Waals surface area (Å²) in [4.78, 5) is 28.2. The molecule has 2 N–H and O–H groups in total. The molecule has 1 aromatic heterocycles. The quantitative estimate of drug-likeness (QED) is 0.475. The molecule has 7 nitrogen and oxygen atoms in total. The van der Waals surface area contributed by atoms with Gasteiger partial charge in [-0.25, -0.2) is 4.79 Å². The molecule has 31 heavy (non-hydrogen) atoms. The van der Waals surface area contributed by atoms with Gasteiger partial charge in [0.2, 0.25) is 5.01 Å². The van der Waals surface area contributed by atoms with Crippen LogP contribution < -0.4 is 10.6 Å². The molecule has 1 saturated heterocycles. The Morgan fingerprint density at radius 1 is 1.13 bits per heavy atom. The normalized spacial score (nSPS) is 15.7. The molecule has 1 aliphatic heterocycles. The second-order valence-electron chi connectivity index (χ2n) is 6.92. The number of halogens is 1. The molecule has 0 radical (unpaired) electrons. The molecular formula is C21H20ClN5O2S2. The van der Waals surface area contributed by atoms with Crippen LogP contribution >= 0.6 is 34.7 Å². The number of benzene rings is 2. The third-order valence-corrected chi connectivity index (χ3v) is 6.86. The van der Waals surface area contributed by atoms with Gasteiger partial charge in [0, 0.05) is 27.8 Å². The van der Waals surface area contributed by atoms with Crippen molar-refractivity contribution in [2.45, 2.75) is 23.8 Å². The van der Waals surface area contributed by atoms with Crippen LogP contribution in [0.25, 0.3) is 0 Å². The van der Waals surface area contributed by atoms with E-state index >= 15 is 0 Å². The monoisotopic (exact) mass is 473 g/mol. The van der Waals surface area contributed by atoms with Crippen molar-refractivity contribution in [1.29, 1.82) is 0 Å². The maximum atomic E-state index is 12.9. The van der Waals surface area contributed by atoms with E-state index in [1.807, 2.05) is 30.5 Å². The summed E-state index contributed by atoms with van der Waals surface area (Å²) < 4.78 is 0. The lowest BCUT2D eigenvalue weighted by Gasteiger charge is -2.23. The number of anilines is 2. The fraction of sp³-hybridized carbons (Fsp3) is 0.238. The van der Waals surface area contributed by atoms with Crippen LogP contribution in [0.5, 0.6) is 0 Å². The summed E-state index contributed by atoms with van der Waals surface area (Å²) in [5.41, 5.74) is 1.38. The van der Waals surface area contributed by atoms with E-state index in [4.69, 9.17) is 11.6 Å². The molecule has 10 heteroatoms. The van der Waals surface area contributed by atoms with Crippen LogP contribution in [0.3, 0.4) is 0 Å². The first kappa shape index (κ1) is 21.6. The van der Waals surface area contributed by atoms with Crippen molar-refractivity contribution >= 4 is 58.0 Å². The van der Waals surface area contributed by atoms with Gasteiger partial charge in [-0.3, -0.25) is 4.79 Å². The molecule has 2 aromatic carbocycles. The minimum Gasteiger partial charge on any atom is -0.320 e. The number of amides is 3. The molecule has 0 aliphatic carbocycles. The molecule has 0 spiro atoms. The maximum Gasteiger partial charge on any atom is 0.322 e. The van der Waals surface area contributed by atoms with Gasteiger partial charge in [0.25, 0.3) is 5.91 Å². The number of nitrogens with one attached hydrogen (secondary N) is 2. The van der Waals surface area contributed by atoms with Crippen molar-refractivity contribution in [1.82, 2.24) is 15.1 Å². The first-order valence-electron chi connectivity index (χ1n) is 9.65. The summed E-state index contributed by atoms with van der Waals surface area (Å²) in [5.74, 6) is -0.339. The van der Waals surface area contributed by atoms with Crippen molar-refractivity contribution in [2.24, 2.45) is 0 Å². The van der Waals surface area contributed by atoms with Crippen LogP contribution in [0.4, 0.5) is 16.2 Å². The van der Waals surface area contributed by atoms with Gasteiger partial charge < -0.3 is 15.5 Å². The minimum atomic E-state index is -0.339. The highest BCUT2D eigenvalue weighted by Crippen LogP contribution is 2.34. The number of carbonyl (C=O) groups excluding carboxylic acids is 2. The van der Waals surface area contributed by atoms with Crippen LogP contribution in [-0.4, -0.2) is 39.8 Å². The molecule has 0 saturated carbocycles. The van der Waals surface area contributed by atoms with Crippen LogP contribution in [0.15, 0.2) is 53.4 Å². The summed E-state index contributed by atoms with van der Waals surface area (Å²) in [7, 11) is 0. The number of thioether (sulfide) groups is 1. The summed E-state index contributed by atoms with van der Waals surface area (Å²) >= 11 is 8.70. The number of rotatable bonds is 5. The molecule has 0 bridgehead atoms. The number of carbonyl (C=O) groups is 2. The Hall–Kier alpha value is -2.62. The number of nitrogens with zero attached hydrogens (tertiary/aromatic N) is 3. The van der Waals surface area contributed by atoms with Crippen molar-refractivity contribution < 1.29 is 9.59 Å². The SMILES string of the molecule is CSc1cccc(NC(=O)N2CCC[C@@H]2c2nnc(C(=O)Nc3ccc(Cl)cc3)s2)c1. The standard InChI is InChI=1S/C21H20ClN5O2S2/c1-30-16-5-2-4-15(12-16)24-21(29)27-11-3-6-17(27)19-25-26-20(31-19)18(28)23-14-9-7-13(22)8-10-14/h2,4-5,7-10,12,17H,3,6,11H2,1H3,(H,23,28)(H,24,29)/t17-/m1/s1. The first-order chi connectivity index (χ1) is 15.0. The van der Waals surface area contributed by atoms with Crippen molar-refractivity contribution in [2.75, 3.05) is 23.4 Å². The third kappa shape index (κ3) is 5.17. The molecular weight excluding hydrogens is 454 g/mol. The Balaban J connectivity index is 1.43. The summed E-state index contributed by atoms with van der Waals surface area (Å²) in [6, 6.07) is 14.2. The van der Waals surface area contributed by atoms with Crippen molar-refractivity contribution in [3.8, 4) is 0 Å². The van der Waals surface area contributed by atoms with Crippen molar-refractivity contribution in [3.05, 3.63) is 63.6 Å². The summed E-state index contributed by atoms with van der Waals surface area (Å²) in [6.07, 6.45) is 3.65. The fourth-order valence-electron chi connectivity index (χ4n) is 3.34. The first-order valence-corrected chi connectivity index (χ1v) is 12.1. The van der Waals surface area contributed by atoms with Gasteiger partial charge in [-0.05, 0) is 61.6 Å². The second kappa shape index (κ2) is 9.67. The van der Waals surface area contributed by atoms with E-state index in [-0.39, 0.29) is 23.0 Å². The zero-order chi connectivity index (χ0) is 21.8. The minimum absolute atomic E-state index is 0.178. The Kier molecular flexibility index (Phi) is 6.74. The Bertz CT molecular complexity index is 1090. The van der Waals surface area contributed by atoms with Gasteiger partial charge in [0.05, 0.1) is 6.04 Å². The van der Waals surface area contributed by atoms with Gasteiger partial charge in [0.1, 0.15) is 5.01 Å². The highest BCUT2D eigenvalue weighted by molar-refractivity contribution is 7.98. The molecule has 1 aliphatic rings. The zero-order valence-electron chi connectivity index (χ0n) is 16.7. The van der Waals surface area contributed by atoms with E-state index in [0.717, 1.165) is 23.4 Å². The van der Waals surface area contributed by atoms with Crippen LogP contribution in [0.1, 0.15) is 33.7 Å². The number of aromatic nitrogens is 2. The number of likely N-dealkylation sites (tertiary alicyclic amines) is 1. The zero-order valence-corrected chi connectivity index (χ0v) is 19.1. The summed E-state index contributed by atoms with van der Waals surface area (Å²) in [6.45, 7) is 0.630. The predicted molar refractivity (Wildman–Crippen MR) is 125 cm³/mol. The van der Waals surface area contributed by atoms with E-state index < -0.39 is 0 Å². The largest absolute Gasteiger partial charge is 0.322 e. The fourth-order valence-corrected chi connectivity index (χ4v) is 4.81. The highest BCUT2D eigenvalue weighted by atomic mass is 35.5. The summed E-state index contributed by atoms with van der Waals surface area (Å²) in [5, 5.41) is 15.5. The average molecular weight is 474 g/mol. The average Bonchev–Trinajstić information content (AvgIpc) is 3.45. The third-order valence-electron chi connectivity index (χ3n) is 4.86. The van der Waals surface area contributed by atoms with Gasteiger partial charge in [0.15, 0.2) is 0 Å². The lowest BCUT2D eigenvalue weighted by atomic mass is 10.2. The van der Waals surface area contributed by atoms with Crippen LogP contribution in [0.2, 0.25) is 5.02 Å². The maximum absolute atomic E-state index is 12.9. The molecule has 1 atom stereocenters. The molecule has 1 fully saturated rings. The number of hydrogen-bond donors (Lipinski definition) is 2. The lowest BCUT2D eigenvalue weighted by molar-refractivity contribution is 0.102. The van der Waals surface area contributed by atoms with E-state index in [1.165, 1.54) is 11.3 Å². The molecule has 3 aromatic rings. The van der Waals surface area contributed by atoms with E-state index in [0.29, 0.717) is 22.3 Å². The molecule has 0 unspecified atom stereocenters. The number of urea groups is 1. The topological polar surface area (TPSA) is 87.2 Å². The van der Waals surface area contributed by atoms with Gasteiger partial charge in [-0.2, -0.15) is 0 Å². The molecule has 3 amide bonds.